The number of nitrogens with zero attached hydrogens (tertiary/aromatic N) is 3. The molecule has 11 heteroatoms. The number of hydrogen-bond acceptors (Lipinski definition) is 4. The van der Waals surface area contributed by atoms with Gasteiger partial charge in [0.05, 0.1) is 5.56 Å². The number of amides is 3. The SMILES string of the molecule is O=C(Nc1ccc(F)cc1)N1CCN(C(=O)c2ccc(OCC(F)(F)F)nc2)CC1. The molecule has 7 nitrogen and oxygen atoms in total. The number of benzene rings is 1. The van der Waals surface area contributed by atoms with Crippen LogP contribution in [0.5, 0.6) is 5.88 Å². The van der Waals surface area contributed by atoms with E-state index >= 15 is 0 Å². The monoisotopic (exact) mass is 426 g/mol. The van der Waals surface area contributed by atoms with E-state index in [0.717, 1.165) is 6.20 Å². The van der Waals surface area contributed by atoms with E-state index in [1.165, 1.54) is 46.2 Å². The van der Waals surface area contributed by atoms with Gasteiger partial charge in [0.15, 0.2) is 6.61 Å². The van der Waals surface area contributed by atoms with Crippen molar-refractivity contribution >= 4 is 17.6 Å². The van der Waals surface area contributed by atoms with E-state index in [4.69, 9.17) is 0 Å². The molecule has 1 aliphatic rings. The number of urea groups is 1. The summed E-state index contributed by atoms with van der Waals surface area (Å²) in [5, 5.41) is 2.66. The van der Waals surface area contributed by atoms with Crippen molar-refractivity contribution in [1.29, 1.82) is 0 Å². The minimum absolute atomic E-state index is 0.207. The highest BCUT2D eigenvalue weighted by Crippen LogP contribution is 2.18. The molecule has 0 spiro atoms. The van der Waals surface area contributed by atoms with Crippen LogP contribution in [0.3, 0.4) is 0 Å². The number of aromatic nitrogens is 1. The maximum absolute atomic E-state index is 12.9. The van der Waals surface area contributed by atoms with E-state index in [1.807, 2.05) is 0 Å². The van der Waals surface area contributed by atoms with Gasteiger partial charge >= 0.3 is 12.2 Å². The fraction of sp³-hybridized carbons (Fsp3) is 0.316. The molecule has 0 radical (unpaired) electrons. The zero-order valence-corrected chi connectivity index (χ0v) is 15.7. The Morgan fingerprint density at radius 1 is 1.00 bits per heavy atom. The summed E-state index contributed by atoms with van der Waals surface area (Å²) < 4.78 is 53.9. The maximum Gasteiger partial charge on any atom is 0.422 e. The lowest BCUT2D eigenvalue weighted by Gasteiger charge is -2.34. The highest BCUT2D eigenvalue weighted by Gasteiger charge is 2.29. The summed E-state index contributed by atoms with van der Waals surface area (Å²) in [5.41, 5.74) is 0.664. The van der Waals surface area contributed by atoms with Crippen molar-refractivity contribution in [2.75, 3.05) is 38.1 Å². The summed E-state index contributed by atoms with van der Waals surface area (Å²) in [6.45, 7) is -0.322. The van der Waals surface area contributed by atoms with Crippen molar-refractivity contribution < 1.29 is 31.9 Å². The maximum atomic E-state index is 12.9. The Hall–Kier alpha value is -3.37. The van der Waals surface area contributed by atoms with Gasteiger partial charge in [-0.05, 0) is 30.3 Å². The molecule has 30 heavy (non-hydrogen) atoms. The third-order valence-corrected chi connectivity index (χ3v) is 4.32. The van der Waals surface area contributed by atoms with Crippen LogP contribution < -0.4 is 10.1 Å². The van der Waals surface area contributed by atoms with Gasteiger partial charge in [-0.15, -0.1) is 0 Å². The van der Waals surface area contributed by atoms with E-state index in [1.54, 1.807) is 0 Å². The lowest BCUT2D eigenvalue weighted by atomic mass is 10.2. The first-order chi connectivity index (χ1) is 14.2. The quantitative estimate of drug-likeness (QED) is 0.763. The van der Waals surface area contributed by atoms with Crippen molar-refractivity contribution in [3.8, 4) is 5.88 Å². The van der Waals surface area contributed by atoms with E-state index in [-0.39, 0.29) is 36.5 Å². The van der Waals surface area contributed by atoms with Gasteiger partial charge in [0.2, 0.25) is 5.88 Å². The number of carbonyl (C=O) groups is 2. The van der Waals surface area contributed by atoms with Crippen LogP contribution in [-0.4, -0.2) is 65.7 Å². The Balaban J connectivity index is 1.50. The highest BCUT2D eigenvalue weighted by atomic mass is 19.4. The molecular formula is C19H18F4N4O3. The molecule has 0 saturated carbocycles. The third-order valence-electron chi connectivity index (χ3n) is 4.32. The molecule has 0 unspecified atom stereocenters. The fourth-order valence-corrected chi connectivity index (χ4v) is 2.78. The minimum atomic E-state index is -4.47. The summed E-state index contributed by atoms with van der Waals surface area (Å²) in [6.07, 6.45) is -3.32. The Morgan fingerprint density at radius 2 is 1.63 bits per heavy atom. The standard InChI is InChI=1S/C19H18F4N4O3/c20-14-2-4-15(5-3-14)25-18(29)27-9-7-26(8-10-27)17(28)13-1-6-16(24-11-13)30-12-19(21,22)23/h1-6,11H,7-10,12H2,(H,25,29). The number of nitrogens with one attached hydrogen (secondary N) is 1. The summed E-state index contributed by atoms with van der Waals surface area (Å²) in [5.74, 6) is -0.982. The first kappa shape index (κ1) is 21.3. The summed E-state index contributed by atoms with van der Waals surface area (Å²) >= 11 is 0. The molecule has 0 atom stereocenters. The first-order valence-electron chi connectivity index (χ1n) is 8.98. The minimum Gasteiger partial charge on any atom is -0.468 e. The molecule has 0 aliphatic carbocycles. The van der Waals surface area contributed by atoms with E-state index < -0.39 is 18.6 Å². The zero-order chi connectivity index (χ0) is 21.7. The van der Waals surface area contributed by atoms with Gasteiger partial charge in [-0.25, -0.2) is 14.2 Å². The molecule has 1 N–H and O–H groups in total. The van der Waals surface area contributed by atoms with Crippen LogP contribution in [0.1, 0.15) is 10.4 Å². The second kappa shape index (κ2) is 8.97. The Labute approximate surface area is 169 Å². The topological polar surface area (TPSA) is 74.8 Å². The molecule has 1 aromatic heterocycles. The molecule has 0 bridgehead atoms. The largest absolute Gasteiger partial charge is 0.468 e. The smallest absolute Gasteiger partial charge is 0.422 e. The average molecular weight is 426 g/mol. The summed E-state index contributed by atoms with van der Waals surface area (Å²) in [4.78, 5) is 31.6. The summed E-state index contributed by atoms with van der Waals surface area (Å²) in [7, 11) is 0. The van der Waals surface area contributed by atoms with Crippen LogP contribution in [0.4, 0.5) is 28.0 Å². The van der Waals surface area contributed by atoms with Crippen LogP contribution in [0.25, 0.3) is 0 Å². The van der Waals surface area contributed by atoms with Crippen LogP contribution in [-0.2, 0) is 0 Å². The normalized spacial score (nSPS) is 14.4. The highest BCUT2D eigenvalue weighted by molar-refractivity contribution is 5.94. The van der Waals surface area contributed by atoms with Gasteiger partial charge in [0.25, 0.3) is 5.91 Å². The molecule has 1 saturated heterocycles. The molecule has 2 heterocycles. The van der Waals surface area contributed by atoms with Crippen LogP contribution in [0, 0.1) is 5.82 Å². The van der Waals surface area contributed by atoms with E-state index in [2.05, 4.69) is 15.0 Å². The van der Waals surface area contributed by atoms with Gasteiger partial charge in [-0.3, -0.25) is 4.79 Å². The second-order valence-corrected chi connectivity index (χ2v) is 6.51. The number of carbonyl (C=O) groups excluding carboxylic acids is 2. The number of hydrogen-bond donors (Lipinski definition) is 1. The first-order valence-corrected chi connectivity index (χ1v) is 8.98. The molecule has 1 aliphatic heterocycles. The molecule has 160 valence electrons. The Morgan fingerprint density at radius 3 is 2.20 bits per heavy atom. The number of rotatable bonds is 4. The number of alkyl halides is 3. The number of piperazine rings is 1. The van der Waals surface area contributed by atoms with Crippen molar-refractivity contribution in [1.82, 2.24) is 14.8 Å². The zero-order valence-electron chi connectivity index (χ0n) is 15.7. The lowest BCUT2D eigenvalue weighted by molar-refractivity contribution is -0.154. The molecular weight excluding hydrogens is 408 g/mol. The van der Waals surface area contributed by atoms with Gasteiger partial charge in [-0.1, -0.05) is 0 Å². The predicted molar refractivity (Wildman–Crippen MR) is 98.7 cm³/mol. The fourth-order valence-electron chi connectivity index (χ4n) is 2.78. The van der Waals surface area contributed by atoms with Crippen LogP contribution in [0.15, 0.2) is 42.6 Å². The number of halogens is 4. The van der Waals surface area contributed by atoms with Gasteiger partial charge < -0.3 is 19.9 Å². The van der Waals surface area contributed by atoms with Gasteiger partial charge in [-0.2, -0.15) is 13.2 Å². The summed E-state index contributed by atoms with van der Waals surface area (Å²) in [6, 6.07) is 7.55. The average Bonchev–Trinajstić information content (AvgIpc) is 2.73. The number of ether oxygens (including phenoxy) is 1. The molecule has 1 fully saturated rings. The van der Waals surface area contributed by atoms with Gasteiger partial charge in [0.1, 0.15) is 5.82 Å². The molecule has 2 aromatic rings. The lowest BCUT2D eigenvalue weighted by Crippen LogP contribution is -2.51. The van der Waals surface area contributed by atoms with Crippen molar-refractivity contribution in [2.24, 2.45) is 0 Å². The second-order valence-electron chi connectivity index (χ2n) is 6.51. The third kappa shape index (κ3) is 5.82. The predicted octanol–water partition coefficient (Wildman–Crippen LogP) is 3.15. The van der Waals surface area contributed by atoms with Crippen molar-refractivity contribution in [3.05, 3.63) is 54.0 Å². The Kier molecular flexibility index (Phi) is 6.38. The molecule has 3 rings (SSSR count). The number of anilines is 1. The van der Waals surface area contributed by atoms with Crippen LogP contribution >= 0.6 is 0 Å². The molecule has 3 amide bonds. The van der Waals surface area contributed by atoms with E-state index in [0.29, 0.717) is 18.8 Å². The van der Waals surface area contributed by atoms with Crippen LogP contribution in [0.2, 0.25) is 0 Å². The molecule has 1 aromatic carbocycles. The number of pyridine rings is 1. The van der Waals surface area contributed by atoms with Crippen molar-refractivity contribution in [2.45, 2.75) is 6.18 Å². The van der Waals surface area contributed by atoms with Crippen molar-refractivity contribution in [3.63, 3.8) is 0 Å². The van der Waals surface area contributed by atoms with E-state index in [9.17, 15) is 27.2 Å². The van der Waals surface area contributed by atoms with Gasteiger partial charge in [0, 0.05) is 44.1 Å². The Bertz CT molecular complexity index is 880.